The van der Waals surface area contributed by atoms with Crippen LogP contribution in [0.25, 0.3) is 0 Å². The standard InChI is InChI=1S/C16H16BrNO3/c1-21-10-13-14(17)3-2-4-15(13)18-9-11-5-7-12(8-6-11)16(19)20/h2-8,18H,9-10H2,1H3,(H,19,20). The van der Waals surface area contributed by atoms with Crippen LogP contribution in [-0.4, -0.2) is 18.2 Å². The van der Waals surface area contributed by atoms with E-state index in [1.807, 2.05) is 30.3 Å². The molecule has 0 heterocycles. The minimum atomic E-state index is -0.913. The molecule has 2 aromatic rings. The van der Waals surface area contributed by atoms with Crippen molar-refractivity contribution in [2.75, 3.05) is 12.4 Å². The van der Waals surface area contributed by atoms with E-state index in [4.69, 9.17) is 9.84 Å². The van der Waals surface area contributed by atoms with Crippen molar-refractivity contribution in [1.82, 2.24) is 0 Å². The summed E-state index contributed by atoms with van der Waals surface area (Å²) in [5, 5.41) is 12.2. The molecule has 0 aliphatic heterocycles. The Balaban J connectivity index is 2.09. The minimum absolute atomic E-state index is 0.293. The predicted octanol–water partition coefficient (Wildman–Crippen LogP) is 3.91. The second kappa shape index (κ2) is 7.24. The normalized spacial score (nSPS) is 10.4. The van der Waals surface area contributed by atoms with E-state index in [1.165, 1.54) is 0 Å². The first-order valence-electron chi connectivity index (χ1n) is 6.44. The summed E-state index contributed by atoms with van der Waals surface area (Å²) < 4.78 is 6.20. The van der Waals surface area contributed by atoms with Crippen LogP contribution in [0.2, 0.25) is 0 Å². The maximum atomic E-state index is 10.8. The fourth-order valence-corrected chi connectivity index (χ4v) is 2.46. The Bertz CT molecular complexity index is 626. The quantitative estimate of drug-likeness (QED) is 0.830. The maximum Gasteiger partial charge on any atom is 0.335 e. The van der Waals surface area contributed by atoms with E-state index in [0.29, 0.717) is 18.7 Å². The summed E-state index contributed by atoms with van der Waals surface area (Å²) >= 11 is 3.51. The molecule has 4 nitrogen and oxygen atoms in total. The molecule has 0 unspecified atom stereocenters. The topological polar surface area (TPSA) is 58.6 Å². The molecule has 0 fully saturated rings. The summed E-state index contributed by atoms with van der Waals surface area (Å²) in [5.41, 5.74) is 3.36. The molecule has 0 aromatic heterocycles. The lowest BCUT2D eigenvalue weighted by Crippen LogP contribution is -2.04. The van der Waals surface area contributed by atoms with Crippen LogP contribution >= 0.6 is 15.9 Å². The van der Waals surface area contributed by atoms with Gasteiger partial charge in [0.05, 0.1) is 12.2 Å². The molecule has 2 N–H and O–H groups in total. The number of nitrogens with one attached hydrogen (secondary N) is 1. The summed E-state index contributed by atoms with van der Waals surface area (Å²) in [6.07, 6.45) is 0. The molecular weight excluding hydrogens is 334 g/mol. The third kappa shape index (κ3) is 4.06. The fraction of sp³-hybridized carbons (Fsp3) is 0.188. The van der Waals surface area contributed by atoms with Crippen LogP contribution in [0.4, 0.5) is 5.69 Å². The third-order valence-corrected chi connectivity index (χ3v) is 3.83. The predicted molar refractivity (Wildman–Crippen MR) is 85.6 cm³/mol. The molecule has 5 heteroatoms. The first-order chi connectivity index (χ1) is 10.1. The highest BCUT2D eigenvalue weighted by Gasteiger charge is 2.07. The van der Waals surface area contributed by atoms with Gasteiger partial charge in [-0.25, -0.2) is 4.79 Å². The van der Waals surface area contributed by atoms with Crippen LogP contribution in [0.15, 0.2) is 46.9 Å². The van der Waals surface area contributed by atoms with E-state index in [1.54, 1.807) is 19.2 Å². The summed E-state index contributed by atoms with van der Waals surface area (Å²) in [6, 6.07) is 12.8. The maximum absolute atomic E-state index is 10.8. The van der Waals surface area contributed by atoms with Crippen molar-refractivity contribution < 1.29 is 14.6 Å². The molecule has 0 spiro atoms. The number of rotatable bonds is 6. The highest BCUT2D eigenvalue weighted by Crippen LogP contribution is 2.26. The van der Waals surface area contributed by atoms with Gasteiger partial charge in [0.1, 0.15) is 0 Å². The second-order valence-electron chi connectivity index (χ2n) is 4.55. The number of aromatic carboxylic acids is 1. The van der Waals surface area contributed by atoms with Crippen molar-refractivity contribution in [2.45, 2.75) is 13.2 Å². The van der Waals surface area contributed by atoms with Crippen LogP contribution in [0, 0.1) is 0 Å². The smallest absolute Gasteiger partial charge is 0.335 e. The van der Waals surface area contributed by atoms with Crippen molar-refractivity contribution in [3.63, 3.8) is 0 Å². The van der Waals surface area contributed by atoms with E-state index < -0.39 is 5.97 Å². The van der Waals surface area contributed by atoms with Gasteiger partial charge in [0.15, 0.2) is 0 Å². The van der Waals surface area contributed by atoms with Gasteiger partial charge in [0, 0.05) is 29.4 Å². The molecule has 110 valence electrons. The van der Waals surface area contributed by atoms with Crippen LogP contribution in [0.1, 0.15) is 21.5 Å². The van der Waals surface area contributed by atoms with Crippen LogP contribution in [0.3, 0.4) is 0 Å². The summed E-state index contributed by atoms with van der Waals surface area (Å²) in [7, 11) is 1.66. The number of methoxy groups -OCH3 is 1. The van der Waals surface area contributed by atoms with Crippen LogP contribution < -0.4 is 5.32 Å². The van der Waals surface area contributed by atoms with Gasteiger partial charge in [0.2, 0.25) is 0 Å². The zero-order valence-electron chi connectivity index (χ0n) is 11.6. The number of hydrogen-bond acceptors (Lipinski definition) is 3. The lowest BCUT2D eigenvalue weighted by molar-refractivity contribution is 0.0697. The van der Waals surface area contributed by atoms with Gasteiger partial charge in [0.25, 0.3) is 0 Å². The van der Waals surface area contributed by atoms with Crippen LogP contribution in [-0.2, 0) is 17.9 Å². The highest BCUT2D eigenvalue weighted by molar-refractivity contribution is 9.10. The van der Waals surface area contributed by atoms with Crippen molar-refractivity contribution in [3.05, 3.63) is 63.6 Å². The molecule has 2 rings (SSSR count). The monoisotopic (exact) mass is 349 g/mol. The summed E-state index contributed by atoms with van der Waals surface area (Å²) in [6.45, 7) is 1.13. The molecule has 0 radical (unpaired) electrons. The van der Waals surface area contributed by atoms with Crippen molar-refractivity contribution >= 4 is 27.6 Å². The fourth-order valence-electron chi connectivity index (χ4n) is 1.98. The van der Waals surface area contributed by atoms with Crippen LogP contribution in [0.5, 0.6) is 0 Å². The minimum Gasteiger partial charge on any atom is -0.478 e. The van der Waals surface area contributed by atoms with Crippen molar-refractivity contribution in [1.29, 1.82) is 0 Å². The van der Waals surface area contributed by atoms with Crippen molar-refractivity contribution in [2.24, 2.45) is 0 Å². The Morgan fingerprint density at radius 3 is 2.57 bits per heavy atom. The number of hydrogen-bond donors (Lipinski definition) is 2. The molecule has 2 aromatic carbocycles. The molecule has 0 bridgehead atoms. The third-order valence-electron chi connectivity index (χ3n) is 3.09. The lowest BCUT2D eigenvalue weighted by atomic mass is 10.1. The van der Waals surface area contributed by atoms with Gasteiger partial charge < -0.3 is 15.2 Å². The first-order valence-corrected chi connectivity index (χ1v) is 7.23. The van der Waals surface area contributed by atoms with E-state index >= 15 is 0 Å². The first kappa shape index (κ1) is 15.5. The van der Waals surface area contributed by atoms with E-state index in [-0.39, 0.29) is 0 Å². The second-order valence-corrected chi connectivity index (χ2v) is 5.41. The molecule has 0 saturated heterocycles. The molecule has 21 heavy (non-hydrogen) atoms. The number of benzene rings is 2. The highest BCUT2D eigenvalue weighted by atomic mass is 79.9. The Kier molecular flexibility index (Phi) is 5.36. The Morgan fingerprint density at radius 1 is 1.24 bits per heavy atom. The lowest BCUT2D eigenvalue weighted by Gasteiger charge is -2.13. The Labute approximate surface area is 131 Å². The number of halogens is 1. The van der Waals surface area contributed by atoms with E-state index in [9.17, 15) is 4.79 Å². The Hall–Kier alpha value is -1.85. The largest absolute Gasteiger partial charge is 0.478 e. The summed E-state index contributed by atoms with van der Waals surface area (Å²) in [5.74, 6) is -0.913. The van der Waals surface area contributed by atoms with Crippen molar-refractivity contribution in [3.8, 4) is 0 Å². The molecule has 0 aliphatic carbocycles. The van der Waals surface area contributed by atoms with E-state index in [0.717, 1.165) is 21.3 Å². The molecule has 0 atom stereocenters. The van der Waals surface area contributed by atoms with E-state index in [2.05, 4.69) is 21.2 Å². The number of carboxylic acids is 1. The molecule has 0 saturated carbocycles. The number of carboxylic acid groups (broad SMARTS) is 1. The van der Waals surface area contributed by atoms with Gasteiger partial charge in [-0.2, -0.15) is 0 Å². The molecular formula is C16H16BrNO3. The van der Waals surface area contributed by atoms with Gasteiger partial charge in [-0.15, -0.1) is 0 Å². The number of carbonyl (C=O) groups is 1. The SMILES string of the molecule is COCc1c(Br)cccc1NCc1ccc(C(=O)O)cc1. The van der Waals surface area contributed by atoms with Gasteiger partial charge in [-0.1, -0.05) is 34.1 Å². The number of ether oxygens (including phenoxy) is 1. The van der Waals surface area contributed by atoms with Gasteiger partial charge in [-0.05, 0) is 29.8 Å². The number of anilines is 1. The average molecular weight is 350 g/mol. The zero-order chi connectivity index (χ0) is 15.2. The molecule has 0 aliphatic rings. The zero-order valence-corrected chi connectivity index (χ0v) is 13.2. The molecule has 0 amide bonds. The Morgan fingerprint density at radius 2 is 1.95 bits per heavy atom. The average Bonchev–Trinajstić information content (AvgIpc) is 2.48. The summed E-state index contributed by atoms with van der Waals surface area (Å²) in [4.78, 5) is 10.8. The van der Waals surface area contributed by atoms with Gasteiger partial charge >= 0.3 is 5.97 Å². The van der Waals surface area contributed by atoms with Gasteiger partial charge in [-0.3, -0.25) is 0 Å².